The highest BCUT2D eigenvalue weighted by molar-refractivity contribution is 5.97. The van der Waals surface area contributed by atoms with E-state index in [0.717, 1.165) is 6.42 Å². The van der Waals surface area contributed by atoms with Crippen LogP contribution in [0, 0.1) is 0 Å². The van der Waals surface area contributed by atoms with Crippen LogP contribution in [0.15, 0.2) is 54.6 Å². The molecule has 144 valence electrons. The van der Waals surface area contributed by atoms with E-state index in [1.54, 1.807) is 34.1 Å². The Morgan fingerprint density at radius 2 is 1.30 bits per heavy atom. The number of hydrogen-bond acceptors (Lipinski definition) is 3. The van der Waals surface area contributed by atoms with Crippen molar-refractivity contribution >= 4 is 11.8 Å². The van der Waals surface area contributed by atoms with Crippen molar-refractivity contribution in [3.05, 3.63) is 71.3 Å². The summed E-state index contributed by atoms with van der Waals surface area (Å²) in [4.78, 5) is 28.8. The second-order valence-electron chi connectivity index (χ2n) is 6.37. The number of hydrogen-bond donors (Lipinski definition) is 1. The second-order valence-corrected chi connectivity index (χ2v) is 6.37. The molecule has 0 bridgehead atoms. The minimum absolute atomic E-state index is 0.0121. The fraction of sp³-hybridized carbons (Fsp3) is 0.364. The number of carbonyl (C=O) groups is 2. The van der Waals surface area contributed by atoms with Crippen LogP contribution in [0.2, 0.25) is 0 Å². The zero-order valence-corrected chi connectivity index (χ0v) is 16.2. The van der Waals surface area contributed by atoms with Gasteiger partial charge in [0.05, 0.1) is 0 Å². The van der Waals surface area contributed by atoms with Gasteiger partial charge < -0.3 is 15.5 Å². The fourth-order valence-corrected chi connectivity index (χ4v) is 3.01. The Morgan fingerprint density at radius 3 is 1.78 bits per heavy atom. The summed E-state index contributed by atoms with van der Waals surface area (Å²) in [6, 6.07) is 17.0. The molecule has 0 radical (unpaired) electrons. The highest BCUT2D eigenvalue weighted by Gasteiger charge is 2.17. The van der Waals surface area contributed by atoms with Gasteiger partial charge in [0.25, 0.3) is 11.8 Å². The Labute approximate surface area is 161 Å². The fourth-order valence-electron chi connectivity index (χ4n) is 3.01. The van der Waals surface area contributed by atoms with E-state index in [1.807, 2.05) is 32.0 Å². The summed E-state index contributed by atoms with van der Waals surface area (Å²) in [5, 5.41) is 0. The van der Waals surface area contributed by atoms with E-state index in [-0.39, 0.29) is 11.8 Å². The lowest BCUT2D eigenvalue weighted by atomic mass is 10.1. The smallest absolute Gasteiger partial charge is 0.253 e. The molecule has 5 heteroatoms. The number of nitrogens with two attached hydrogens (primary N) is 1. The first kappa shape index (κ1) is 20.6. The summed E-state index contributed by atoms with van der Waals surface area (Å²) in [5.41, 5.74) is 8.06. The minimum atomic E-state index is -0.0572. The van der Waals surface area contributed by atoms with E-state index < -0.39 is 0 Å². The van der Waals surface area contributed by atoms with Crippen molar-refractivity contribution in [3.8, 4) is 0 Å². The van der Waals surface area contributed by atoms with Gasteiger partial charge in [-0.1, -0.05) is 30.3 Å². The third-order valence-electron chi connectivity index (χ3n) is 4.63. The molecule has 0 spiro atoms. The van der Waals surface area contributed by atoms with E-state index in [2.05, 4.69) is 12.1 Å². The molecule has 2 N–H and O–H groups in total. The quantitative estimate of drug-likeness (QED) is 0.741. The summed E-state index contributed by atoms with van der Waals surface area (Å²) in [6.07, 6.45) is 0.783. The number of amides is 2. The first-order valence-electron chi connectivity index (χ1n) is 9.53. The van der Waals surface area contributed by atoms with Crippen molar-refractivity contribution < 1.29 is 9.59 Å². The van der Waals surface area contributed by atoms with E-state index in [0.29, 0.717) is 43.9 Å². The van der Waals surface area contributed by atoms with Crippen LogP contribution in [0.1, 0.15) is 40.1 Å². The zero-order chi connectivity index (χ0) is 19.6. The number of carbonyl (C=O) groups excluding carboxylic acids is 2. The summed E-state index contributed by atoms with van der Waals surface area (Å²) in [7, 11) is 0. The molecule has 0 aliphatic carbocycles. The van der Waals surface area contributed by atoms with Crippen LogP contribution in [0.4, 0.5) is 0 Å². The van der Waals surface area contributed by atoms with Gasteiger partial charge in [0, 0.05) is 43.9 Å². The largest absolute Gasteiger partial charge is 0.339 e. The van der Waals surface area contributed by atoms with Crippen LogP contribution in [0.25, 0.3) is 0 Å². The Morgan fingerprint density at radius 1 is 0.778 bits per heavy atom. The van der Waals surface area contributed by atoms with Gasteiger partial charge in [-0.05, 0) is 50.1 Å². The molecular formula is C22H29N3O2. The molecule has 0 fully saturated rings. The zero-order valence-electron chi connectivity index (χ0n) is 16.2. The average Bonchev–Trinajstić information content (AvgIpc) is 2.72. The van der Waals surface area contributed by atoms with Gasteiger partial charge in [-0.25, -0.2) is 0 Å². The first-order valence-corrected chi connectivity index (χ1v) is 9.53. The van der Waals surface area contributed by atoms with Gasteiger partial charge in [0.15, 0.2) is 0 Å². The van der Waals surface area contributed by atoms with Crippen molar-refractivity contribution in [3.63, 3.8) is 0 Å². The number of benzene rings is 2. The van der Waals surface area contributed by atoms with Crippen molar-refractivity contribution in [2.75, 3.05) is 32.7 Å². The molecule has 0 saturated heterocycles. The molecular weight excluding hydrogens is 338 g/mol. The Balaban J connectivity index is 2.07. The number of rotatable bonds is 9. The second kappa shape index (κ2) is 10.5. The summed E-state index contributed by atoms with van der Waals surface area (Å²) in [5.74, 6) is -0.0693. The summed E-state index contributed by atoms with van der Waals surface area (Å²) < 4.78 is 0. The molecule has 5 nitrogen and oxygen atoms in total. The monoisotopic (exact) mass is 367 g/mol. The standard InChI is InChI=1S/C22H29N3O2/c1-3-24(4-2)21(26)19-10-12-20(13-11-19)22(27)25(17-15-23)16-14-18-8-6-5-7-9-18/h5-13H,3-4,14-17,23H2,1-2H3. The highest BCUT2D eigenvalue weighted by Crippen LogP contribution is 2.11. The van der Waals surface area contributed by atoms with Crippen LogP contribution < -0.4 is 5.73 Å². The first-order chi connectivity index (χ1) is 13.1. The normalized spacial score (nSPS) is 10.5. The topological polar surface area (TPSA) is 66.6 Å². The summed E-state index contributed by atoms with van der Waals surface area (Å²) in [6.45, 7) is 6.78. The molecule has 0 saturated carbocycles. The maximum absolute atomic E-state index is 12.9. The van der Waals surface area contributed by atoms with Gasteiger partial charge >= 0.3 is 0 Å². The highest BCUT2D eigenvalue weighted by atomic mass is 16.2. The van der Waals surface area contributed by atoms with Crippen LogP contribution >= 0.6 is 0 Å². The number of nitrogens with zero attached hydrogens (tertiary/aromatic N) is 2. The van der Waals surface area contributed by atoms with Gasteiger partial charge in [0.2, 0.25) is 0 Å². The molecule has 2 aromatic rings. The summed E-state index contributed by atoms with van der Waals surface area (Å²) >= 11 is 0. The van der Waals surface area contributed by atoms with Crippen molar-refractivity contribution in [1.29, 1.82) is 0 Å². The average molecular weight is 367 g/mol. The third-order valence-corrected chi connectivity index (χ3v) is 4.63. The Hall–Kier alpha value is -2.66. The lowest BCUT2D eigenvalue weighted by Gasteiger charge is -2.23. The molecule has 2 amide bonds. The Kier molecular flexibility index (Phi) is 8.01. The van der Waals surface area contributed by atoms with Gasteiger partial charge in [0.1, 0.15) is 0 Å². The van der Waals surface area contributed by atoms with Crippen LogP contribution in [-0.2, 0) is 6.42 Å². The molecule has 0 heterocycles. The van der Waals surface area contributed by atoms with Gasteiger partial charge in [-0.2, -0.15) is 0 Å². The van der Waals surface area contributed by atoms with Crippen LogP contribution in [0.3, 0.4) is 0 Å². The predicted molar refractivity (Wildman–Crippen MR) is 109 cm³/mol. The molecule has 2 aromatic carbocycles. The molecule has 0 aromatic heterocycles. The van der Waals surface area contributed by atoms with Gasteiger partial charge in [-0.3, -0.25) is 9.59 Å². The Bertz CT molecular complexity index is 725. The molecule has 2 rings (SSSR count). The van der Waals surface area contributed by atoms with E-state index in [9.17, 15) is 9.59 Å². The van der Waals surface area contributed by atoms with Gasteiger partial charge in [-0.15, -0.1) is 0 Å². The van der Waals surface area contributed by atoms with Crippen molar-refractivity contribution in [1.82, 2.24) is 9.80 Å². The maximum Gasteiger partial charge on any atom is 0.253 e. The molecule has 0 aliphatic rings. The van der Waals surface area contributed by atoms with Crippen LogP contribution in [0.5, 0.6) is 0 Å². The van der Waals surface area contributed by atoms with Crippen LogP contribution in [-0.4, -0.2) is 54.3 Å². The van der Waals surface area contributed by atoms with E-state index in [4.69, 9.17) is 5.73 Å². The molecule has 0 aliphatic heterocycles. The maximum atomic E-state index is 12.9. The van der Waals surface area contributed by atoms with Crippen molar-refractivity contribution in [2.24, 2.45) is 5.73 Å². The van der Waals surface area contributed by atoms with E-state index in [1.165, 1.54) is 5.56 Å². The third kappa shape index (κ3) is 5.66. The molecule has 27 heavy (non-hydrogen) atoms. The predicted octanol–water partition coefficient (Wildman–Crippen LogP) is 2.81. The minimum Gasteiger partial charge on any atom is -0.339 e. The SMILES string of the molecule is CCN(CC)C(=O)c1ccc(C(=O)N(CCN)CCc2ccccc2)cc1. The van der Waals surface area contributed by atoms with Crippen molar-refractivity contribution in [2.45, 2.75) is 20.3 Å². The molecule has 0 atom stereocenters. The molecule has 0 unspecified atom stereocenters. The van der Waals surface area contributed by atoms with E-state index >= 15 is 0 Å². The lowest BCUT2D eigenvalue weighted by Crippen LogP contribution is -2.37. The lowest BCUT2D eigenvalue weighted by molar-refractivity contribution is 0.0754.